The van der Waals surface area contributed by atoms with Crippen LogP contribution >= 0.6 is 11.8 Å². The van der Waals surface area contributed by atoms with Gasteiger partial charge in [-0.2, -0.15) is 0 Å². The lowest BCUT2D eigenvalue weighted by atomic mass is 9.71. The molecule has 7 nitrogen and oxygen atoms in total. The maximum Gasteiger partial charge on any atom is 0.310 e. The maximum absolute atomic E-state index is 13.9. The van der Waals surface area contributed by atoms with Gasteiger partial charge < -0.3 is 19.6 Å². The maximum atomic E-state index is 13.9. The molecule has 0 aliphatic carbocycles. The summed E-state index contributed by atoms with van der Waals surface area (Å²) in [5.41, 5.74) is 0. The molecule has 3 aliphatic heterocycles. The number of aliphatic hydroxyl groups excluding tert-OH is 1. The van der Waals surface area contributed by atoms with Crippen LogP contribution in [0.15, 0.2) is 25.3 Å². The van der Waals surface area contributed by atoms with Crippen molar-refractivity contribution in [3.05, 3.63) is 25.3 Å². The number of thioether (sulfide) groups is 1. The lowest BCUT2D eigenvalue weighted by molar-refractivity contribution is -0.154. The van der Waals surface area contributed by atoms with Crippen molar-refractivity contribution < 1.29 is 24.2 Å². The van der Waals surface area contributed by atoms with Gasteiger partial charge in [0.15, 0.2) is 0 Å². The Labute approximate surface area is 195 Å². The van der Waals surface area contributed by atoms with Crippen LogP contribution in [0.5, 0.6) is 0 Å². The van der Waals surface area contributed by atoms with Gasteiger partial charge in [0.1, 0.15) is 6.04 Å². The van der Waals surface area contributed by atoms with E-state index in [1.165, 1.54) is 0 Å². The molecule has 0 aromatic carbocycles. The largest absolute Gasteiger partial charge is 0.465 e. The predicted molar refractivity (Wildman–Crippen MR) is 125 cm³/mol. The first-order valence-electron chi connectivity index (χ1n) is 11.7. The van der Waals surface area contributed by atoms with Crippen LogP contribution in [0.25, 0.3) is 0 Å². The van der Waals surface area contributed by atoms with Gasteiger partial charge in [0.2, 0.25) is 11.8 Å². The van der Waals surface area contributed by atoms with Crippen molar-refractivity contribution >= 4 is 29.5 Å². The number of nitrogens with zero attached hydrogens (tertiary/aromatic N) is 2. The highest BCUT2D eigenvalue weighted by molar-refractivity contribution is 8.02. The van der Waals surface area contributed by atoms with Gasteiger partial charge in [-0.1, -0.05) is 25.5 Å². The number of carbonyl (C=O) groups is 3. The second-order valence-electron chi connectivity index (χ2n) is 9.00. The number of likely N-dealkylation sites (tertiary alicyclic amines) is 1. The number of carbonyl (C=O) groups excluding carboxylic acids is 3. The van der Waals surface area contributed by atoms with Gasteiger partial charge in [-0.05, 0) is 32.6 Å². The molecule has 2 bridgehead atoms. The minimum Gasteiger partial charge on any atom is -0.465 e. The standard InChI is InChI=1S/C24H36N2O5S/c1-5-8-13-25(12-7-3)22(29)20-24-11-10-17(32-24)18(23(30)31-14-9-6-2)19(24)21(28)26(20)16(4)15-27/h6-7,16-20,27H,2-3,5,8-15H2,1,4H3/t16-,17-,18+,19+,20?,24?/m1/s1. The Morgan fingerprint density at radius 2 is 2.16 bits per heavy atom. The van der Waals surface area contributed by atoms with Crippen molar-refractivity contribution in [2.45, 2.75) is 68.0 Å². The highest BCUT2D eigenvalue weighted by Crippen LogP contribution is 2.66. The van der Waals surface area contributed by atoms with Crippen LogP contribution in [0.2, 0.25) is 0 Å². The topological polar surface area (TPSA) is 87.1 Å². The molecule has 32 heavy (non-hydrogen) atoms. The SMILES string of the molecule is C=CCCOC(=O)[C@@H]1[C@H]2C(=O)N([C@H](C)CO)C(C(=O)N(CC=C)CCCC)C23CC[C@H]1S3. The summed E-state index contributed by atoms with van der Waals surface area (Å²) in [5, 5.41) is 9.88. The summed E-state index contributed by atoms with van der Waals surface area (Å²) in [4.78, 5) is 43.9. The molecule has 178 valence electrons. The molecule has 1 spiro atoms. The number of rotatable bonds is 12. The first-order chi connectivity index (χ1) is 15.4. The number of aliphatic hydroxyl groups is 1. The Kier molecular flexibility index (Phi) is 8.09. The van der Waals surface area contributed by atoms with E-state index in [0.717, 1.165) is 19.3 Å². The number of esters is 1. The number of ether oxygens (including phenoxy) is 1. The summed E-state index contributed by atoms with van der Waals surface area (Å²) in [5.74, 6) is -1.83. The Morgan fingerprint density at radius 3 is 2.78 bits per heavy atom. The molecule has 3 aliphatic rings. The summed E-state index contributed by atoms with van der Waals surface area (Å²) in [7, 11) is 0. The fourth-order valence-corrected chi connectivity index (χ4v) is 7.70. The van der Waals surface area contributed by atoms with Crippen LogP contribution in [-0.4, -0.2) is 81.1 Å². The predicted octanol–water partition coefficient (Wildman–Crippen LogP) is 2.39. The van der Waals surface area contributed by atoms with Gasteiger partial charge in [-0.3, -0.25) is 14.4 Å². The van der Waals surface area contributed by atoms with E-state index in [4.69, 9.17) is 4.74 Å². The molecule has 0 aromatic heterocycles. The molecule has 1 N–H and O–H groups in total. The van der Waals surface area contributed by atoms with E-state index in [1.54, 1.807) is 40.6 Å². The van der Waals surface area contributed by atoms with Gasteiger partial charge in [0.25, 0.3) is 0 Å². The summed E-state index contributed by atoms with van der Waals surface area (Å²) < 4.78 is 4.82. The number of unbranched alkanes of at least 4 members (excludes halogenated alkanes) is 1. The quantitative estimate of drug-likeness (QED) is 0.271. The fraction of sp³-hybridized carbons (Fsp3) is 0.708. The Balaban J connectivity index is 1.97. The zero-order valence-electron chi connectivity index (χ0n) is 19.2. The number of hydrogen-bond acceptors (Lipinski definition) is 6. The van der Waals surface area contributed by atoms with Crippen molar-refractivity contribution in [2.24, 2.45) is 11.8 Å². The van der Waals surface area contributed by atoms with Crippen molar-refractivity contribution in [2.75, 3.05) is 26.3 Å². The second-order valence-corrected chi connectivity index (χ2v) is 10.6. The zero-order chi connectivity index (χ0) is 23.5. The molecule has 3 heterocycles. The molecular weight excluding hydrogens is 428 g/mol. The lowest BCUT2D eigenvalue weighted by Crippen LogP contribution is -2.57. The van der Waals surface area contributed by atoms with Gasteiger partial charge in [-0.25, -0.2) is 0 Å². The zero-order valence-corrected chi connectivity index (χ0v) is 20.0. The first-order valence-corrected chi connectivity index (χ1v) is 12.5. The highest BCUT2D eigenvalue weighted by atomic mass is 32.2. The molecule has 8 heteroatoms. The van der Waals surface area contributed by atoms with E-state index in [-0.39, 0.29) is 36.2 Å². The Hall–Kier alpha value is -1.80. The summed E-state index contributed by atoms with van der Waals surface area (Å²) >= 11 is 1.62. The third-order valence-electron chi connectivity index (χ3n) is 6.99. The average Bonchev–Trinajstić information content (AvgIpc) is 3.43. The van der Waals surface area contributed by atoms with Crippen molar-refractivity contribution in [1.29, 1.82) is 0 Å². The lowest BCUT2D eigenvalue weighted by Gasteiger charge is -2.38. The monoisotopic (exact) mass is 464 g/mol. The third kappa shape index (κ3) is 4.12. The van der Waals surface area contributed by atoms with Gasteiger partial charge in [-0.15, -0.1) is 24.9 Å². The van der Waals surface area contributed by atoms with Gasteiger partial charge in [0, 0.05) is 18.3 Å². The van der Waals surface area contributed by atoms with Crippen LogP contribution in [0.1, 0.15) is 46.0 Å². The van der Waals surface area contributed by atoms with E-state index < -0.39 is 28.7 Å². The summed E-state index contributed by atoms with van der Waals surface area (Å²) in [6, 6.07) is -1.20. The van der Waals surface area contributed by atoms with Crippen LogP contribution in [0.3, 0.4) is 0 Å². The molecule has 0 aromatic rings. The van der Waals surface area contributed by atoms with Crippen LogP contribution in [0, 0.1) is 11.8 Å². The molecule has 6 atom stereocenters. The van der Waals surface area contributed by atoms with Crippen LogP contribution < -0.4 is 0 Å². The van der Waals surface area contributed by atoms with E-state index >= 15 is 0 Å². The Morgan fingerprint density at radius 1 is 1.41 bits per heavy atom. The number of hydrogen-bond donors (Lipinski definition) is 1. The molecule has 0 saturated carbocycles. The van der Waals surface area contributed by atoms with Crippen LogP contribution in [0.4, 0.5) is 0 Å². The van der Waals surface area contributed by atoms with E-state index in [9.17, 15) is 19.5 Å². The smallest absolute Gasteiger partial charge is 0.310 e. The van der Waals surface area contributed by atoms with Crippen molar-refractivity contribution in [3.8, 4) is 0 Å². The molecule has 3 saturated heterocycles. The first kappa shape index (κ1) is 24.8. The minimum atomic E-state index is -0.695. The number of fused-ring (bicyclic) bond motifs is 1. The van der Waals surface area contributed by atoms with Crippen LogP contribution in [-0.2, 0) is 19.1 Å². The van der Waals surface area contributed by atoms with E-state index in [2.05, 4.69) is 20.1 Å². The Bertz CT molecular complexity index is 759. The van der Waals surface area contributed by atoms with Crippen molar-refractivity contribution in [1.82, 2.24) is 9.80 Å². The van der Waals surface area contributed by atoms with E-state index in [0.29, 0.717) is 25.9 Å². The fourth-order valence-electron chi connectivity index (χ4n) is 5.51. The molecule has 0 radical (unpaired) electrons. The second kappa shape index (κ2) is 10.4. The molecule has 3 fully saturated rings. The average molecular weight is 465 g/mol. The van der Waals surface area contributed by atoms with Crippen molar-refractivity contribution in [3.63, 3.8) is 0 Å². The highest BCUT2D eigenvalue weighted by Gasteiger charge is 2.74. The summed E-state index contributed by atoms with van der Waals surface area (Å²) in [6.07, 6.45) is 7.24. The molecule has 2 unspecified atom stereocenters. The molecule has 3 rings (SSSR count). The minimum absolute atomic E-state index is 0.0226. The molecular formula is C24H36N2O5S. The third-order valence-corrected chi connectivity index (χ3v) is 8.94. The normalized spacial score (nSPS) is 31.3. The number of amides is 2. The van der Waals surface area contributed by atoms with E-state index in [1.807, 2.05) is 0 Å². The molecule has 2 amide bonds. The van der Waals surface area contributed by atoms with Gasteiger partial charge in [0.05, 0.1) is 35.8 Å². The summed E-state index contributed by atoms with van der Waals surface area (Å²) in [6.45, 7) is 12.3. The van der Waals surface area contributed by atoms with Gasteiger partial charge >= 0.3 is 5.97 Å².